The van der Waals surface area contributed by atoms with Crippen molar-refractivity contribution in [2.75, 3.05) is 6.61 Å². The van der Waals surface area contributed by atoms with Gasteiger partial charge in [-0.2, -0.15) is 22.0 Å². The first-order valence-corrected chi connectivity index (χ1v) is 11.7. The van der Waals surface area contributed by atoms with Crippen molar-refractivity contribution in [1.82, 2.24) is 0 Å². The van der Waals surface area contributed by atoms with Crippen molar-refractivity contribution < 1.29 is 40.2 Å². The molecule has 0 unspecified atom stereocenters. The van der Waals surface area contributed by atoms with Crippen LogP contribution < -0.4 is 9.47 Å². The van der Waals surface area contributed by atoms with Gasteiger partial charge in [-0.25, -0.2) is 8.78 Å². The Morgan fingerprint density at radius 2 is 1.33 bits per heavy atom. The Balaban J connectivity index is 1.54. The summed E-state index contributed by atoms with van der Waals surface area (Å²) in [6.45, 7) is 0.287. The normalized spacial score (nSPS) is 26.8. The predicted molar refractivity (Wildman–Crippen MR) is 109 cm³/mol. The minimum atomic E-state index is -4.80. The van der Waals surface area contributed by atoms with E-state index >= 15 is 0 Å². The van der Waals surface area contributed by atoms with Gasteiger partial charge in [-0.1, -0.05) is 32.6 Å². The van der Waals surface area contributed by atoms with E-state index in [1.807, 2.05) is 0 Å². The van der Waals surface area contributed by atoms with Crippen LogP contribution in [0, 0.1) is 35.3 Å². The number of ether oxygens (including phenoxy) is 2. The summed E-state index contributed by atoms with van der Waals surface area (Å²) in [7, 11) is 0. The lowest BCUT2D eigenvalue weighted by molar-refractivity contribution is -0.224. The van der Waals surface area contributed by atoms with Crippen LogP contribution in [-0.4, -0.2) is 18.9 Å². The molecule has 0 amide bonds. The molecule has 0 bridgehead atoms. The highest BCUT2D eigenvalue weighted by molar-refractivity contribution is 5.35. The third kappa shape index (κ3) is 7.15. The molecule has 2 nitrogen and oxygen atoms in total. The minimum absolute atomic E-state index is 0.254. The van der Waals surface area contributed by atoms with Crippen LogP contribution >= 0.6 is 0 Å². The van der Waals surface area contributed by atoms with Gasteiger partial charge in [0.1, 0.15) is 5.75 Å². The van der Waals surface area contributed by atoms with E-state index in [9.17, 15) is 30.7 Å². The maximum absolute atomic E-state index is 14.7. The SMILES string of the molecule is CCCC1CCC(C2CCC(C(F)(F)Oc3cc(F)c(OCC(F)(F)F)c(F)c3)CC2)CC1. The minimum Gasteiger partial charge on any atom is -0.478 e. The molecule has 2 aliphatic carbocycles. The van der Waals surface area contributed by atoms with Gasteiger partial charge in [0.2, 0.25) is 0 Å². The Hall–Kier alpha value is -1.67. The molecule has 2 saturated carbocycles. The van der Waals surface area contributed by atoms with Crippen LogP contribution in [0.5, 0.6) is 11.5 Å². The van der Waals surface area contributed by atoms with E-state index in [4.69, 9.17) is 0 Å². The van der Waals surface area contributed by atoms with Gasteiger partial charge < -0.3 is 9.47 Å². The number of halogens is 7. The van der Waals surface area contributed by atoms with Crippen molar-refractivity contribution in [3.63, 3.8) is 0 Å². The van der Waals surface area contributed by atoms with Gasteiger partial charge in [-0.3, -0.25) is 0 Å². The van der Waals surface area contributed by atoms with Crippen LogP contribution in [0.1, 0.15) is 71.1 Å². The van der Waals surface area contributed by atoms with Gasteiger partial charge in [0, 0.05) is 12.1 Å². The number of benzene rings is 1. The van der Waals surface area contributed by atoms with Crippen LogP contribution in [-0.2, 0) is 0 Å². The topological polar surface area (TPSA) is 18.5 Å². The second-order valence-electron chi connectivity index (χ2n) is 9.46. The molecule has 0 aliphatic heterocycles. The zero-order chi connectivity index (χ0) is 24.2. The highest BCUT2D eigenvalue weighted by Crippen LogP contribution is 2.46. The van der Waals surface area contributed by atoms with Crippen molar-refractivity contribution in [3.05, 3.63) is 23.8 Å². The summed E-state index contributed by atoms with van der Waals surface area (Å²) < 4.78 is 103. The predicted octanol–water partition coefficient (Wildman–Crippen LogP) is 8.29. The van der Waals surface area contributed by atoms with Gasteiger partial charge in [-0.15, -0.1) is 0 Å². The van der Waals surface area contributed by atoms with Crippen LogP contribution in [0.15, 0.2) is 12.1 Å². The maximum Gasteiger partial charge on any atom is 0.422 e. The molecule has 0 spiro atoms. The van der Waals surface area contributed by atoms with Crippen molar-refractivity contribution in [3.8, 4) is 11.5 Å². The first-order chi connectivity index (χ1) is 15.5. The Morgan fingerprint density at radius 1 is 0.818 bits per heavy atom. The van der Waals surface area contributed by atoms with E-state index in [1.165, 1.54) is 25.7 Å². The summed E-state index contributed by atoms with van der Waals surface area (Å²) >= 11 is 0. The summed E-state index contributed by atoms with van der Waals surface area (Å²) in [6, 6.07) is 0.839. The standard InChI is InChI=1S/C24H31F7O2/c1-2-3-15-4-6-16(7-5-15)17-8-10-18(11-9-17)24(30,31)33-19-12-20(25)22(21(26)13-19)32-14-23(27,28)29/h12-13,15-18H,2-11,14H2,1H3. The van der Waals surface area contributed by atoms with E-state index in [-0.39, 0.29) is 12.8 Å². The van der Waals surface area contributed by atoms with E-state index in [0.717, 1.165) is 18.8 Å². The third-order valence-corrected chi connectivity index (χ3v) is 7.11. The number of alkyl halides is 5. The molecule has 33 heavy (non-hydrogen) atoms. The van der Waals surface area contributed by atoms with E-state index in [1.54, 1.807) is 0 Å². The first kappa shape index (κ1) is 25.9. The zero-order valence-corrected chi connectivity index (χ0v) is 18.7. The summed E-state index contributed by atoms with van der Waals surface area (Å²) in [5.74, 6) is -4.45. The summed E-state index contributed by atoms with van der Waals surface area (Å²) in [5, 5.41) is 0. The Morgan fingerprint density at radius 3 is 1.82 bits per heavy atom. The van der Waals surface area contributed by atoms with Crippen molar-refractivity contribution in [2.45, 2.75) is 83.4 Å². The molecule has 0 aromatic heterocycles. The van der Waals surface area contributed by atoms with Crippen LogP contribution in [0.4, 0.5) is 30.7 Å². The average Bonchev–Trinajstić information content (AvgIpc) is 2.73. The lowest BCUT2D eigenvalue weighted by Crippen LogP contribution is -2.38. The molecule has 1 aromatic rings. The molecule has 0 heterocycles. The Kier molecular flexibility index (Phi) is 8.43. The average molecular weight is 484 g/mol. The lowest BCUT2D eigenvalue weighted by Gasteiger charge is -2.39. The fraction of sp³-hybridized carbons (Fsp3) is 0.750. The van der Waals surface area contributed by atoms with Crippen LogP contribution in [0.3, 0.4) is 0 Å². The second-order valence-corrected chi connectivity index (χ2v) is 9.46. The molecule has 9 heteroatoms. The van der Waals surface area contributed by atoms with E-state index in [2.05, 4.69) is 16.4 Å². The van der Waals surface area contributed by atoms with Gasteiger partial charge in [0.15, 0.2) is 24.0 Å². The van der Waals surface area contributed by atoms with E-state index < -0.39 is 47.9 Å². The summed E-state index contributed by atoms with van der Waals surface area (Å²) in [6.07, 6.45) is 0.545. The Labute approximate surface area is 189 Å². The summed E-state index contributed by atoms with van der Waals surface area (Å²) in [4.78, 5) is 0. The fourth-order valence-corrected chi connectivity index (χ4v) is 5.41. The molecule has 0 saturated heterocycles. The molecule has 0 radical (unpaired) electrons. The molecule has 2 aliphatic rings. The molecule has 1 aromatic carbocycles. The zero-order valence-electron chi connectivity index (χ0n) is 18.7. The highest BCUT2D eigenvalue weighted by atomic mass is 19.4. The van der Waals surface area contributed by atoms with E-state index in [0.29, 0.717) is 36.8 Å². The van der Waals surface area contributed by atoms with Gasteiger partial charge >= 0.3 is 12.3 Å². The molecule has 0 N–H and O–H groups in total. The smallest absolute Gasteiger partial charge is 0.422 e. The molecular weight excluding hydrogens is 453 g/mol. The number of hydrogen-bond donors (Lipinski definition) is 0. The largest absolute Gasteiger partial charge is 0.478 e. The third-order valence-electron chi connectivity index (χ3n) is 7.11. The van der Waals surface area contributed by atoms with Crippen molar-refractivity contribution in [2.24, 2.45) is 23.7 Å². The maximum atomic E-state index is 14.7. The number of rotatable bonds is 8. The van der Waals surface area contributed by atoms with Crippen molar-refractivity contribution >= 4 is 0 Å². The van der Waals surface area contributed by atoms with Crippen LogP contribution in [0.2, 0.25) is 0 Å². The monoisotopic (exact) mass is 484 g/mol. The fourth-order valence-electron chi connectivity index (χ4n) is 5.41. The van der Waals surface area contributed by atoms with Gasteiger partial charge in [0.25, 0.3) is 0 Å². The molecule has 188 valence electrons. The lowest BCUT2D eigenvalue weighted by atomic mass is 9.68. The molecule has 2 fully saturated rings. The Bertz CT molecular complexity index is 742. The molecule has 3 rings (SSSR count). The van der Waals surface area contributed by atoms with Crippen LogP contribution in [0.25, 0.3) is 0 Å². The van der Waals surface area contributed by atoms with Crippen molar-refractivity contribution in [1.29, 1.82) is 0 Å². The molecular formula is C24H31F7O2. The molecule has 0 atom stereocenters. The second kappa shape index (κ2) is 10.7. The quantitative estimate of drug-likeness (QED) is 0.346. The highest BCUT2D eigenvalue weighted by Gasteiger charge is 2.45. The summed E-state index contributed by atoms with van der Waals surface area (Å²) in [5.41, 5.74) is 0. The van der Waals surface area contributed by atoms with Gasteiger partial charge in [0.05, 0.1) is 5.92 Å². The van der Waals surface area contributed by atoms with Gasteiger partial charge in [-0.05, 0) is 56.3 Å². The number of hydrogen-bond acceptors (Lipinski definition) is 2. The first-order valence-electron chi connectivity index (χ1n) is 11.7.